The van der Waals surface area contributed by atoms with Crippen LogP contribution in [0.5, 0.6) is 0 Å². The highest BCUT2D eigenvalue weighted by atomic mass is 16.5. The Kier molecular flexibility index (Phi) is 4.92. The average molecular weight is 400 g/mol. The van der Waals surface area contributed by atoms with Gasteiger partial charge in [0.05, 0.1) is 11.1 Å². The maximum Gasteiger partial charge on any atom is 0.241 e. The average Bonchev–Trinajstić information content (AvgIpc) is 3.38. The van der Waals surface area contributed by atoms with Crippen LogP contribution in [-0.2, 0) is 21.5 Å². The number of rotatable bonds is 5. The number of hydrogen-bond donors (Lipinski definition) is 1. The lowest BCUT2D eigenvalue weighted by Gasteiger charge is -2.26. The van der Waals surface area contributed by atoms with E-state index >= 15 is 0 Å². The van der Waals surface area contributed by atoms with Crippen molar-refractivity contribution in [3.8, 4) is 0 Å². The molecule has 3 unspecified atom stereocenters. The topological polar surface area (TPSA) is 106 Å². The second-order valence-corrected chi connectivity index (χ2v) is 8.73. The molecule has 4 rings (SSSR count). The Balaban J connectivity index is 1.49. The summed E-state index contributed by atoms with van der Waals surface area (Å²) >= 11 is 0. The molecule has 3 atom stereocenters. The van der Waals surface area contributed by atoms with E-state index in [-0.39, 0.29) is 36.2 Å². The second kappa shape index (κ2) is 7.27. The van der Waals surface area contributed by atoms with Gasteiger partial charge >= 0.3 is 0 Å². The molecule has 1 N–H and O–H groups in total. The van der Waals surface area contributed by atoms with E-state index in [4.69, 9.17) is 4.52 Å². The van der Waals surface area contributed by atoms with Crippen LogP contribution in [0.1, 0.15) is 44.1 Å². The Morgan fingerprint density at radius 1 is 1.38 bits per heavy atom. The molecule has 0 radical (unpaired) electrons. The summed E-state index contributed by atoms with van der Waals surface area (Å²) in [6.07, 6.45) is 3.27. The largest absolute Gasteiger partial charge is 0.352 e. The van der Waals surface area contributed by atoms with Crippen molar-refractivity contribution in [3.05, 3.63) is 29.7 Å². The van der Waals surface area contributed by atoms with Gasteiger partial charge in [-0.15, -0.1) is 0 Å². The van der Waals surface area contributed by atoms with Gasteiger partial charge in [-0.2, -0.15) is 10.1 Å². The highest BCUT2D eigenvalue weighted by molar-refractivity contribution is 5.79. The number of nitrogens with one attached hydrogen (secondary N) is 1. The zero-order valence-corrected chi connectivity index (χ0v) is 17.4. The van der Waals surface area contributed by atoms with Crippen molar-refractivity contribution in [2.24, 2.45) is 11.8 Å². The number of aryl methyl sites for hydroxylation is 2. The number of amides is 2. The molecule has 2 aromatic heterocycles. The predicted octanol–water partition coefficient (Wildman–Crippen LogP) is 1.21. The Bertz CT molecular complexity index is 919. The number of fused-ring (bicyclic) bond motifs is 1. The van der Waals surface area contributed by atoms with E-state index < -0.39 is 5.41 Å². The molecular formula is C20H28N6O3. The lowest BCUT2D eigenvalue weighted by molar-refractivity contribution is -0.134. The zero-order chi connectivity index (χ0) is 20.8. The molecule has 0 spiro atoms. The molecule has 9 heteroatoms. The number of nitrogens with zero attached hydrogens (tertiary/aromatic N) is 5. The van der Waals surface area contributed by atoms with Gasteiger partial charge in [0.15, 0.2) is 5.82 Å². The van der Waals surface area contributed by atoms with Crippen molar-refractivity contribution in [2.45, 2.75) is 58.5 Å². The lowest BCUT2D eigenvalue weighted by Crippen LogP contribution is -2.41. The highest BCUT2D eigenvalue weighted by Crippen LogP contribution is 2.50. The first kappa shape index (κ1) is 19.6. The van der Waals surface area contributed by atoms with Crippen LogP contribution in [-0.4, -0.2) is 55.8 Å². The molecule has 1 saturated carbocycles. The van der Waals surface area contributed by atoms with Crippen LogP contribution in [0.4, 0.5) is 0 Å². The number of likely N-dealkylation sites (tertiary alicyclic amines) is 1. The molecule has 2 aromatic rings. The van der Waals surface area contributed by atoms with Crippen LogP contribution in [0.25, 0.3) is 0 Å². The van der Waals surface area contributed by atoms with Gasteiger partial charge in [0.25, 0.3) is 0 Å². The molecule has 156 valence electrons. The number of hydrogen-bond acceptors (Lipinski definition) is 6. The van der Waals surface area contributed by atoms with E-state index in [0.717, 1.165) is 12.1 Å². The Labute approximate surface area is 169 Å². The normalized spacial score (nSPS) is 26.2. The van der Waals surface area contributed by atoms with Gasteiger partial charge < -0.3 is 14.7 Å². The minimum atomic E-state index is -0.397. The van der Waals surface area contributed by atoms with E-state index in [2.05, 4.69) is 20.6 Å². The maximum absolute atomic E-state index is 12.6. The summed E-state index contributed by atoms with van der Waals surface area (Å²) in [4.78, 5) is 31.5. The number of aromatic nitrogens is 4. The fourth-order valence-electron chi connectivity index (χ4n) is 4.82. The third-order valence-corrected chi connectivity index (χ3v) is 6.08. The van der Waals surface area contributed by atoms with Crippen LogP contribution < -0.4 is 5.32 Å². The van der Waals surface area contributed by atoms with Gasteiger partial charge in [-0.25, -0.2) is 0 Å². The van der Waals surface area contributed by atoms with Gasteiger partial charge in [-0.1, -0.05) is 19.0 Å². The molecule has 2 fully saturated rings. The molecule has 1 saturated heterocycles. The molecular weight excluding hydrogens is 372 g/mol. The molecule has 1 aliphatic heterocycles. The Morgan fingerprint density at radius 2 is 2.17 bits per heavy atom. The number of carbonyl (C=O) groups is 2. The van der Waals surface area contributed by atoms with Crippen LogP contribution in [0.2, 0.25) is 0 Å². The van der Waals surface area contributed by atoms with Crippen molar-refractivity contribution >= 4 is 11.8 Å². The summed E-state index contributed by atoms with van der Waals surface area (Å²) in [7, 11) is 0. The van der Waals surface area contributed by atoms with Gasteiger partial charge in [0.1, 0.15) is 6.54 Å². The standard InChI is InChI=1S/C20H28N6O3/c1-12(2)18(28)25-9-15-7-16(22-17(27)10-26-6-5-13(3)23-26)8-20(15,11-25)19-21-14(4)24-29-19/h5-6,12,15-16H,7-11H2,1-4H3,(H,22,27). The third-order valence-electron chi connectivity index (χ3n) is 6.08. The summed E-state index contributed by atoms with van der Waals surface area (Å²) in [5.74, 6) is 1.38. The lowest BCUT2D eigenvalue weighted by atomic mass is 9.80. The predicted molar refractivity (Wildman–Crippen MR) is 104 cm³/mol. The summed E-state index contributed by atoms with van der Waals surface area (Å²) in [6, 6.07) is 1.88. The molecule has 0 bridgehead atoms. The highest BCUT2D eigenvalue weighted by Gasteiger charge is 2.58. The first-order valence-corrected chi connectivity index (χ1v) is 10.2. The van der Waals surface area contributed by atoms with Crippen LogP contribution in [0.3, 0.4) is 0 Å². The minimum Gasteiger partial charge on any atom is -0.352 e. The summed E-state index contributed by atoms with van der Waals surface area (Å²) < 4.78 is 7.21. The van der Waals surface area contributed by atoms with Crippen LogP contribution in [0.15, 0.2) is 16.8 Å². The zero-order valence-electron chi connectivity index (χ0n) is 17.4. The third kappa shape index (κ3) is 3.65. The maximum atomic E-state index is 12.6. The Hall–Kier alpha value is -2.71. The first-order chi connectivity index (χ1) is 13.8. The van der Waals surface area contributed by atoms with E-state index in [9.17, 15) is 9.59 Å². The van der Waals surface area contributed by atoms with Gasteiger partial charge in [-0.05, 0) is 38.7 Å². The molecule has 2 amide bonds. The monoisotopic (exact) mass is 400 g/mol. The van der Waals surface area contributed by atoms with E-state index in [1.165, 1.54) is 0 Å². The van der Waals surface area contributed by atoms with Gasteiger partial charge in [0.2, 0.25) is 17.7 Å². The number of carbonyl (C=O) groups excluding carboxylic acids is 2. The first-order valence-electron chi connectivity index (χ1n) is 10.2. The van der Waals surface area contributed by atoms with Crippen molar-refractivity contribution in [2.75, 3.05) is 13.1 Å². The summed E-state index contributed by atoms with van der Waals surface area (Å²) in [5, 5.41) is 11.4. The summed E-state index contributed by atoms with van der Waals surface area (Å²) in [6.45, 7) is 8.93. The fourth-order valence-corrected chi connectivity index (χ4v) is 4.82. The van der Waals surface area contributed by atoms with Crippen LogP contribution in [0, 0.1) is 25.7 Å². The second-order valence-electron chi connectivity index (χ2n) is 8.73. The van der Waals surface area contributed by atoms with Gasteiger partial charge in [-0.3, -0.25) is 14.3 Å². The molecule has 9 nitrogen and oxygen atoms in total. The van der Waals surface area contributed by atoms with Crippen molar-refractivity contribution in [1.82, 2.24) is 30.1 Å². The molecule has 2 aliphatic rings. The van der Waals surface area contributed by atoms with Gasteiger partial charge in [0, 0.05) is 31.2 Å². The quantitative estimate of drug-likeness (QED) is 0.809. The minimum absolute atomic E-state index is 0.00710. The Morgan fingerprint density at radius 3 is 2.79 bits per heavy atom. The molecule has 0 aromatic carbocycles. The van der Waals surface area contributed by atoms with E-state index in [0.29, 0.717) is 31.2 Å². The van der Waals surface area contributed by atoms with Crippen molar-refractivity contribution in [1.29, 1.82) is 0 Å². The SMILES string of the molecule is Cc1ccn(CC(=O)NC2CC3CN(C(=O)C(C)C)CC3(c3nc(C)no3)C2)n1. The smallest absolute Gasteiger partial charge is 0.241 e. The fraction of sp³-hybridized carbons (Fsp3) is 0.650. The molecule has 29 heavy (non-hydrogen) atoms. The van der Waals surface area contributed by atoms with Crippen molar-refractivity contribution < 1.29 is 14.1 Å². The summed E-state index contributed by atoms with van der Waals surface area (Å²) in [5.41, 5.74) is 0.486. The van der Waals surface area contributed by atoms with E-state index in [1.807, 2.05) is 31.7 Å². The van der Waals surface area contributed by atoms with Crippen molar-refractivity contribution in [3.63, 3.8) is 0 Å². The van der Waals surface area contributed by atoms with Crippen LogP contribution >= 0.6 is 0 Å². The molecule has 3 heterocycles. The van der Waals surface area contributed by atoms with E-state index in [1.54, 1.807) is 17.8 Å². The molecule has 1 aliphatic carbocycles.